The molecule has 0 saturated heterocycles. The Kier molecular flexibility index (Phi) is 5.35. The number of benzene rings is 2. The molecule has 0 aliphatic carbocycles. The van der Waals surface area contributed by atoms with E-state index in [2.05, 4.69) is 10.4 Å². The molecule has 0 fully saturated rings. The summed E-state index contributed by atoms with van der Waals surface area (Å²) >= 11 is 0. The van der Waals surface area contributed by atoms with Crippen LogP contribution in [0.5, 0.6) is 0 Å². The van der Waals surface area contributed by atoms with Crippen molar-refractivity contribution in [1.29, 1.82) is 0 Å². The van der Waals surface area contributed by atoms with E-state index in [1.54, 1.807) is 6.92 Å². The van der Waals surface area contributed by atoms with Crippen LogP contribution in [0.4, 0.5) is 18.9 Å². The summed E-state index contributed by atoms with van der Waals surface area (Å²) in [5, 5.41) is 17.4. The number of aromatic nitrogens is 2. The van der Waals surface area contributed by atoms with E-state index in [-0.39, 0.29) is 11.3 Å². The van der Waals surface area contributed by atoms with Crippen molar-refractivity contribution in [3.8, 4) is 5.69 Å². The summed E-state index contributed by atoms with van der Waals surface area (Å²) in [6.07, 6.45) is -1.74. The molecule has 1 heterocycles. The van der Waals surface area contributed by atoms with Crippen molar-refractivity contribution in [2.75, 3.05) is 0 Å². The number of hydrogen-bond donors (Lipinski definition) is 1. The minimum atomic E-state index is -4.47. The van der Waals surface area contributed by atoms with E-state index in [0.29, 0.717) is 11.3 Å². The highest BCUT2D eigenvalue weighted by molar-refractivity contribution is 5.94. The Morgan fingerprint density at radius 2 is 1.90 bits per heavy atom. The number of nitro benzene ring substituents is 1. The zero-order valence-electron chi connectivity index (χ0n) is 15.1. The number of halogens is 3. The molecular weight excluding hydrogens is 389 g/mol. The summed E-state index contributed by atoms with van der Waals surface area (Å²) in [6, 6.07) is 9.67. The molecule has 7 nitrogen and oxygen atoms in total. The van der Waals surface area contributed by atoms with Gasteiger partial charge in [0.1, 0.15) is 0 Å². The average molecular weight is 404 g/mol. The van der Waals surface area contributed by atoms with Crippen LogP contribution < -0.4 is 5.32 Å². The number of non-ortho nitro benzene ring substituents is 1. The van der Waals surface area contributed by atoms with Crippen LogP contribution in [0.2, 0.25) is 0 Å². The van der Waals surface area contributed by atoms with Crippen molar-refractivity contribution in [1.82, 2.24) is 15.1 Å². The minimum absolute atomic E-state index is 0.0752. The lowest BCUT2D eigenvalue weighted by Crippen LogP contribution is -2.26. The van der Waals surface area contributed by atoms with Crippen LogP contribution in [-0.2, 0) is 6.18 Å². The quantitative estimate of drug-likeness (QED) is 0.507. The number of carbonyl (C=O) groups is 1. The summed E-state index contributed by atoms with van der Waals surface area (Å²) in [5.74, 6) is -0.511. The third kappa shape index (κ3) is 4.60. The molecule has 0 aliphatic heterocycles. The van der Waals surface area contributed by atoms with Gasteiger partial charge in [-0.1, -0.05) is 12.1 Å². The number of carbonyl (C=O) groups excluding carboxylic acids is 1. The van der Waals surface area contributed by atoms with Gasteiger partial charge in [0.2, 0.25) is 0 Å². The third-order valence-electron chi connectivity index (χ3n) is 4.23. The Morgan fingerprint density at radius 3 is 2.52 bits per heavy atom. The van der Waals surface area contributed by atoms with E-state index in [1.165, 1.54) is 53.5 Å². The molecular formula is C19H15F3N4O3. The fourth-order valence-corrected chi connectivity index (χ4v) is 2.66. The van der Waals surface area contributed by atoms with Crippen molar-refractivity contribution in [3.63, 3.8) is 0 Å². The fourth-order valence-electron chi connectivity index (χ4n) is 2.66. The number of alkyl halides is 3. The largest absolute Gasteiger partial charge is 0.416 e. The zero-order valence-corrected chi connectivity index (χ0v) is 15.1. The van der Waals surface area contributed by atoms with Crippen molar-refractivity contribution in [2.24, 2.45) is 0 Å². The Balaban J connectivity index is 1.72. The van der Waals surface area contributed by atoms with Gasteiger partial charge in [0.05, 0.1) is 34.0 Å². The molecule has 0 aliphatic rings. The maximum Gasteiger partial charge on any atom is 0.416 e. The first-order chi connectivity index (χ1) is 13.6. The summed E-state index contributed by atoms with van der Waals surface area (Å²) < 4.78 is 39.9. The number of nitrogens with one attached hydrogen (secondary N) is 1. The van der Waals surface area contributed by atoms with Crippen molar-refractivity contribution in [3.05, 3.63) is 87.7 Å². The Bertz CT molecular complexity index is 1050. The van der Waals surface area contributed by atoms with Crippen molar-refractivity contribution < 1.29 is 22.9 Å². The third-order valence-corrected chi connectivity index (χ3v) is 4.23. The Morgan fingerprint density at radius 1 is 1.21 bits per heavy atom. The van der Waals surface area contributed by atoms with Gasteiger partial charge in [0.25, 0.3) is 11.6 Å². The van der Waals surface area contributed by atoms with Gasteiger partial charge < -0.3 is 5.32 Å². The molecule has 1 N–H and O–H groups in total. The van der Waals surface area contributed by atoms with E-state index < -0.39 is 28.6 Å². The van der Waals surface area contributed by atoms with Crippen LogP contribution >= 0.6 is 0 Å². The van der Waals surface area contributed by atoms with Gasteiger partial charge in [0, 0.05) is 18.3 Å². The molecule has 150 valence electrons. The summed E-state index contributed by atoms with van der Waals surface area (Å²) in [5.41, 5.74) is 0.162. The van der Waals surface area contributed by atoms with E-state index in [0.717, 1.165) is 12.1 Å². The number of rotatable bonds is 5. The van der Waals surface area contributed by atoms with Gasteiger partial charge in [-0.2, -0.15) is 18.3 Å². The normalized spacial score (nSPS) is 12.4. The molecule has 10 heteroatoms. The highest BCUT2D eigenvalue weighted by Gasteiger charge is 2.30. The Hall–Kier alpha value is -3.69. The standard InChI is InChI=1S/C19H15F3N4O3/c1-12(13-3-2-4-15(9-13)19(20,21)22)24-18(27)14-10-23-25(11-14)16-5-7-17(8-6-16)26(28)29/h2-12H,1H3,(H,24,27)/t12-/m0/s1. The SMILES string of the molecule is C[C@H](NC(=O)c1cnn(-c2ccc([N+](=O)[O-])cc2)c1)c1cccc(C(F)(F)F)c1. The molecule has 0 bridgehead atoms. The molecule has 3 aromatic rings. The maximum atomic E-state index is 12.9. The number of amides is 1. The van der Waals surface area contributed by atoms with E-state index in [9.17, 15) is 28.1 Å². The van der Waals surface area contributed by atoms with Crippen molar-refractivity contribution in [2.45, 2.75) is 19.1 Å². The number of nitro groups is 1. The number of hydrogen-bond acceptors (Lipinski definition) is 4. The van der Waals surface area contributed by atoms with Crippen molar-refractivity contribution >= 4 is 11.6 Å². The van der Waals surface area contributed by atoms with Gasteiger partial charge in [0.15, 0.2) is 0 Å². The molecule has 3 rings (SSSR count). The molecule has 0 spiro atoms. The van der Waals surface area contributed by atoms with Gasteiger partial charge in [-0.25, -0.2) is 4.68 Å². The smallest absolute Gasteiger partial charge is 0.345 e. The molecule has 1 atom stereocenters. The van der Waals surface area contributed by atoms with E-state index >= 15 is 0 Å². The number of nitrogens with zero attached hydrogens (tertiary/aromatic N) is 3. The molecule has 1 amide bonds. The molecule has 0 saturated carbocycles. The first kappa shape index (κ1) is 20.1. The second-order valence-corrected chi connectivity index (χ2v) is 6.27. The molecule has 2 aromatic carbocycles. The highest BCUT2D eigenvalue weighted by atomic mass is 19.4. The predicted octanol–water partition coefficient (Wildman–Crippen LogP) is 4.29. The second kappa shape index (κ2) is 7.74. The molecule has 1 aromatic heterocycles. The lowest BCUT2D eigenvalue weighted by molar-refractivity contribution is -0.384. The topological polar surface area (TPSA) is 90.1 Å². The van der Waals surface area contributed by atoms with Gasteiger partial charge in [-0.05, 0) is 36.8 Å². The Labute approximate surface area is 162 Å². The van der Waals surface area contributed by atoms with E-state index in [4.69, 9.17) is 0 Å². The van der Waals surface area contributed by atoms with Gasteiger partial charge >= 0.3 is 6.18 Å². The lowest BCUT2D eigenvalue weighted by Gasteiger charge is -2.15. The van der Waals surface area contributed by atoms with Crippen LogP contribution in [0.25, 0.3) is 5.69 Å². The summed E-state index contributed by atoms with van der Waals surface area (Å²) in [7, 11) is 0. The predicted molar refractivity (Wildman–Crippen MR) is 97.5 cm³/mol. The molecule has 29 heavy (non-hydrogen) atoms. The van der Waals surface area contributed by atoms with Crippen LogP contribution in [0.3, 0.4) is 0 Å². The monoisotopic (exact) mass is 404 g/mol. The summed E-state index contributed by atoms with van der Waals surface area (Å²) in [6.45, 7) is 1.58. The molecule has 0 unspecified atom stereocenters. The average Bonchev–Trinajstić information content (AvgIpc) is 3.18. The van der Waals surface area contributed by atoms with Crippen LogP contribution in [0, 0.1) is 10.1 Å². The maximum absolute atomic E-state index is 12.9. The minimum Gasteiger partial charge on any atom is -0.345 e. The first-order valence-corrected chi connectivity index (χ1v) is 8.42. The summed E-state index contributed by atoms with van der Waals surface area (Å²) in [4.78, 5) is 22.6. The van der Waals surface area contributed by atoms with Gasteiger partial charge in [-0.3, -0.25) is 14.9 Å². The lowest BCUT2D eigenvalue weighted by atomic mass is 10.0. The van der Waals surface area contributed by atoms with Gasteiger partial charge in [-0.15, -0.1) is 0 Å². The first-order valence-electron chi connectivity index (χ1n) is 8.42. The van der Waals surface area contributed by atoms with Crippen LogP contribution in [-0.4, -0.2) is 20.6 Å². The second-order valence-electron chi connectivity index (χ2n) is 6.27. The van der Waals surface area contributed by atoms with E-state index in [1.807, 2.05) is 0 Å². The molecule has 0 radical (unpaired) electrons. The van der Waals surface area contributed by atoms with Crippen LogP contribution in [0.1, 0.15) is 34.5 Å². The fraction of sp³-hybridized carbons (Fsp3) is 0.158. The highest BCUT2D eigenvalue weighted by Crippen LogP contribution is 2.30. The van der Waals surface area contributed by atoms with Crippen LogP contribution in [0.15, 0.2) is 60.9 Å². The zero-order chi connectivity index (χ0) is 21.2.